The van der Waals surface area contributed by atoms with Crippen LogP contribution in [0.3, 0.4) is 0 Å². The normalized spacial score (nSPS) is 9.00. The van der Waals surface area contributed by atoms with E-state index in [2.05, 4.69) is 19.2 Å². The van der Waals surface area contributed by atoms with Crippen LogP contribution in [0.2, 0.25) is 0 Å². The third kappa shape index (κ3) is 5.98. The van der Waals surface area contributed by atoms with E-state index in [4.69, 9.17) is 4.42 Å². The van der Waals surface area contributed by atoms with Gasteiger partial charge < -0.3 is 9.73 Å². The summed E-state index contributed by atoms with van der Waals surface area (Å²) >= 11 is 0. The molecule has 70 valence electrons. The molecule has 1 aromatic rings. The summed E-state index contributed by atoms with van der Waals surface area (Å²) < 4.78 is 5.08. The van der Waals surface area contributed by atoms with Crippen LogP contribution in [0.5, 0.6) is 0 Å². The highest BCUT2D eigenvalue weighted by atomic mass is 16.3. The van der Waals surface area contributed by atoms with Gasteiger partial charge in [-0.25, -0.2) is 0 Å². The Bertz CT molecular complexity index is 175. The molecule has 0 saturated carbocycles. The van der Waals surface area contributed by atoms with Gasteiger partial charge in [0.2, 0.25) is 0 Å². The highest BCUT2D eigenvalue weighted by molar-refractivity contribution is 5.02. The average Bonchev–Trinajstić information content (AvgIpc) is 2.38. The lowest BCUT2D eigenvalue weighted by Gasteiger charge is -1.86. The van der Waals surface area contributed by atoms with E-state index in [0.717, 1.165) is 24.6 Å². The summed E-state index contributed by atoms with van der Waals surface area (Å²) in [6, 6.07) is 3.91. The summed E-state index contributed by atoms with van der Waals surface area (Å²) in [5.41, 5.74) is 0. The van der Waals surface area contributed by atoms with Crippen molar-refractivity contribution in [2.24, 2.45) is 0 Å². The Hall–Kier alpha value is -0.760. The largest absolute Gasteiger partial charge is 0.467 e. The second-order valence-electron chi connectivity index (χ2n) is 2.61. The molecule has 1 N–H and O–H groups in total. The van der Waals surface area contributed by atoms with E-state index in [0.29, 0.717) is 0 Å². The first-order valence-corrected chi connectivity index (χ1v) is 4.44. The Balaban J connectivity index is 0.000000217. The van der Waals surface area contributed by atoms with E-state index in [1.807, 2.05) is 26.0 Å². The molecule has 0 spiro atoms. The fourth-order valence-electron chi connectivity index (χ4n) is 0.807. The van der Waals surface area contributed by atoms with Crippen LogP contribution in [0.1, 0.15) is 25.4 Å². The van der Waals surface area contributed by atoms with Crippen molar-refractivity contribution >= 4 is 0 Å². The number of furan rings is 1. The van der Waals surface area contributed by atoms with E-state index in [1.165, 1.54) is 0 Å². The molecule has 0 unspecified atom stereocenters. The number of hydrogen-bond donors (Lipinski definition) is 1. The summed E-state index contributed by atoms with van der Waals surface area (Å²) in [4.78, 5) is 0. The molecular formula is C10H19NO. The lowest BCUT2D eigenvalue weighted by atomic mass is 10.5. The van der Waals surface area contributed by atoms with E-state index < -0.39 is 0 Å². The summed E-state index contributed by atoms with van der Waals surface area (Å²) in [5, 5.41) is 3.11. The number of rotatable bonds is 2. The van der Waals surface area contributed by atoms with Gasteiger partial charge >= 0.3 is 0 Å². The van der Waals surface area contributed by atoms with Gasteiger partial charge in [-0.3, -0.25) is 0 Å². The predicted molar refractivity (Wildman–Crippen MR) is 52.4 cm³/mol. The molecule has 0 aromatic carbocycles. The molecule has 0 aliphatic heterocycles. The summed E-state index contributed by atoms with van der Waals surface area (Å²) in [5.74, 6) is 1.97. The second-order valence-corrected chi connectivity index (χ2v) is 2.61. The molecule has 2 nitrogen and oxygen atoms in total. The highest BCUT2D eigenvalue weighted by Gasteiger charge is 1.85. The van der Waals surface area contributed by atoms with Crippen molar-refractivity contribution in [1.29, 1.82) is 0 Å². The van der Waals surface area contributed by atoms with Crippen LogP contribution in [-0.2, 0) is 0 Å². The zero-order chi connectivity index (χ0) is 9.40. The fourth-order valence-corrected chi connectivity index (χ4v) is 0.807. The predicted octanol–water partition coefficient (Wildman–Crippen LogP) is 2.51. The molecule has 1 rings (SSSR count). The maximum absolute atomic E-state index is 5.08. The summed E-state index contributed by atoms with van der Waals surface area (Å²) in [6.07, 6.45) is 0. The molecule has 0 atom stereocenters. The molecule has 0 aliphatic carbocycles. The van der Waals surface area contributed by atoms with Gasteiger partial charge in [0, 0.05) is 0 Å². The van der Waals surface area contributed by atoms with E-state index in [-0.39, 0.29) is 0 Å². The SMILES string of the molecule is CCNCC.Cc1ccc(C)o1. The van der Waals surface area contributed by atoms with Crippen LogP contribution in [0, 0.1) is 13.8 Å². The van der Waals surface area contributed by atoms with E-state index >= 15 is 0 Å². The van der Waals surface area contributed by atoms with Crippen LogP contribution in [0.15, 0.2) is 16.5 Å². The van der Waals surface area contributed by atoms with Gasteiger partial charge in [-0.05, 0) is 39.1 Å². The summed E-state index contributed by atoms with van der Waals surface area (Å²) in [7, 11) is 0. The Morgan fingerprint density at radius 2 is 1.50 bits per heavy atom. The monoisotopic (exact) mass is 169 g/mol. The quantitative estimate of drug-likeness (QED) is 0.736. The van der Waals surface area contributed by atoms with Gasteiger partial charge in [-0.15, -0.1) is 0 Å². The minimum absolute atomic E-state index is 0.984. The van der Waals surface area contributed by atoms with Crippen LogP contribution >= 0.6 is 0 Å². The van der Waals surface area contributed by atoms with Gasteiger partial charge in [-0.2, -0.15) is 0 Å². The number of aryl methyl sites for hydroxylation is 2. The van der Waals surface area contributed by atoms with Gasteiger partial charge in [0.25, 0.3) is 0 Å². The molecular weight excluding hydrogens is 150 g/mol. The minimum Gasteiger partial charge on any atom is -0.467 e. The van der Waals surface area contributed by atoms with Gasteiger partial charge in [0.15, 0.2) is 0 Å². The van der Waals surface area contributed by atoms with E-state index in [1.54, 1.807) is 0 Å². The topological polar surface area (TPSA) is 25.2 Å². The third-order valence-electron chi connectivity index (χ3n) is 1.37. The van der Waals surface area contributed by atoms with Crippen molar-refractivity contribution in [3.8, 4) is 0 Å². The van der Waals surface area contributed by atoms with Crippen LogP contribution < -0.4 is 5.32 Å². The Morgan fingerprint density at radius 3 is 1.58 bits per heavy atom. The first-order chi connectivity index (χ1) is 5.70. The maximum Gasteiger partial charge on any atom is 0.101 e. The zero-order valence-electron chi connectivity index (χ0n) is 8.48. The molecule has 0 bridgehead atoms. The van der Waals surface area contributed by atoms with E-state index in [9.17, 15) is 0 Å². The standard InChI is InChI=1S/C6H8O.C4H11N/c1-5-3-4-6(2)7-5;1-3-5-4-2/h3-4H,1-2H3;5H,3-4H2,1-2H3. The van der Waals surface area contributed by atoms with Crippen LogP contribution in [-0.4, -0.2) is 13.1 Å². The lowest BCUT2D eigenvalue weighted by molar-refractivity contribution is 0.504. The molecule has 0 amide bonds. The smallest absolute Gasteiger partial charge is 0.101 e. The zero-order valence-corrected chi connectivity index (χ0v) is 8.48. The van der Waals surface area contributed by atoms with Crippen LogP contribution in [0.4, 0.5) is 0 Å². The van der Waals surface area contributed by atoms with Crippen molar-refractivity contribution in [2.75, 3.05) is 13.1 Å². The molecule has 0 radical (unpaired) electrons. The Labute approximate surface area is 75.0 Å². The molecule has 1 heterocycles. The van der Waals surface area contributed by atoms with Crippen molar-refractivity contribution < 1.29 is 4.42 Å². The van der Waals surface area contributed by atoms with Crippen molar-refractivity contribution in [1.82, 2.24) is 5.32 Å². The first-order valence-electron chi connectivity index (χ1n) is 4.44. The fraction of sp³-hybridized carbons (Fsp3) is 0.600. The highest BCUT2D eigenvalue weighted by Crippen LogP contribution is 2.02. The molecule has 12 heavy (non-hydrogen) atoms. The minimum atomic E-state index is 0.984. The van der Waals surface area contributed by atoms with Crippen LogP contribution in [0.25, 0.3) is 0 Å². The second kappa shape index (κ2) is 6.92. The molecule has 0 fully saturated rings. The van der Waals surface area contributed by atoms with Crippen molar-refractivity contribution in [3.05, 3.63) is 23.7 Å². The van der Waals surface area contributed by atoms with Gasteiger partial charge in [0.1, 0.15) is 11.5 Å². The van der Waals surface area contributed by atoms with Crippen molar-refractivity contribution in [2.45, 2.75) is 27.7 Å². The maximum atomic E-state index is 5.08. The first kappa shape index (κ1) is 11.2. The molecule has 1 aromatic heterocycles. The Kier molecular flexibility index (Phi) is 6.48. The lowest BCUT2D eigenvalue weighted by Crippen LogP contribution is -2.09. The number of hydrogen-bond acceptors (Lipinski definition) is 2. The van der Waals surface area contributed by atoms with Gasteiger partial charge in [0.05, 0.1) is 0 Å². The van der Waals surface area contributed by atoms with Gasteiger partial charge in [-0.1, -0.05) is 13.8 Å². The Morgan fingerprint density at radius 1 is 1.08 bits per heavy atom. The molecule has 0 aliphatic rings. The number of nitrogens with one attached hydrogen (secondary N) is 1. The molecule has 2 heteroatoms. The average molecular weight is 169 g/mol. The van der Waals surface area contributed by atoms with Crippen molar-refractivity contribution in [3.63, 3.8) is 0 Å². The summed E-state index contributed by atoms with van der Waals surface area (Å²) in [6.45, 7) is 10.3. The molecule has 0 saturated heterocycles. The third-order valence-corrected chi connectivity index (χ3v) is 1.37.